The van der Waals surface area contributed by atoms with E-state index in [-0.39, 0.29) is 18.4 Å². The fourth-order valence-electron chi connectivity index (χ4n) is 1.57. The number of carbonyl (C=O) groups is 2. The van der Waals surface area contributed by atoms with Gasteiger partial charge in [-0.25, -0.2) is 0 Å². The molecule has 0 heterocycles. The Morgan fingerprint density at radius 3 is 2.63 bits per heavy atom. The third kappa shape index (κ3) is 4.62. The third-order valence-corrected chi connectivity index (χ3v) is 2.79. The number of ether oxygens (including phenoxy) is 1. The van der Waals surface area contributed by atoms with Gasteiger partial charge in [0.05, 0.1) is 6.54 Å². The number of para-hydroxylation sites is 1. The molecule has 2 rings (SSSR count). The summed E-state index contributed by atoms with van der Waals surface area (Å²) < 4.78 is 5.46. The lowest BCUT2D eigenvalue weighted by Gasteiger charge is -2.14. The van der Waals surface area contributed by atoms with Gasteiger partial charge in [-0.15, -0.1) is 0 Å². The van der Waals surface area contributed by atoms with Crippen LogP contribution in [0.1, 0.15) is 19.8 Å². The van der Waals surface area contributed by atoms with E-state index in [1.165, 1.54) is 0 Å². The molecule has 2 N–H and O–H groups in total. The first-order valence-corrected chi connectivity index (χ1v) is 6.44. The van der Waals surface area contributed by atoms with Gasteiger partial charge in [-0.3, -0.25) is 9.59 Å². The maximum absolute atomic E-state index is 11.7. The van der Waals surface area contributed by atoms with E-state index in [0.29, 0.717) is 11.8 Å². The van der Waals surface area contributed by atoms with E-state index in [9.17, 15) is 9.59 Å². The highest BCUT2D eigenvalue weighted by atomic mass is 16.5. The van der Waals surface area contributed by atoms with Crippen molar-refractivity contribution >= 4 is 11.8 Å². The molecule has 1 aliphatic carbocycles. The second-order valence-corrected chi connectivity index (χ2v) is 4.63. The Bertz CT molecular complexity index is 443. The number of nitrogens with one attached hydrogen (secondary N) is 2. The van der Waals surface area contributed by atoms with Crippen molar-refractivity contribution in [3.05, 3.63) is 30.3 Å². The lowest BCUT2D eigenvalue weighted by molar-refractivity contribution is -0.130. The normalized spacial score (nSPS) is 15.4. The molecule has 0 aliphatic heterocycles. The minimum Gasteiger partial charge on any atom is -0.481 e. The zero-order chi connectivity index (χ0) is 13.7. The SMILES string of the molecule is CC(Oc1ccccc1)C(=O)NCC(=O)NC1CC1. The summed E-state index contributed by atoms with van der Waals surface area (Å²) in [5.41, 5.74) is 0. The molecule has 1 aromatic carbocycles. The second kappa shape index (κ2) is 6.22. The van der Waals surface area contributed by atoms with E-state index in [2.05, 4.69) is 10.6 Å². The minimum atomic E-state index is -0.629. The van der Waals surface area contributed by atoms with Gasteiger partial charge in [0, 0.05) is 6.04 Å². The van der Waals surface area contributed by atoms with Crippen LogP contribution in [0, 0.1) is 0 Å². The van der Waals surface area contributed by atoms with Crippen molar-refractivity contribution in [2.45, 2.75) is 31.9 Å². The summed E-state index contributed by atoms with van der Waals surface area (Å²) in [5.74, 6) is 0.185. The van der Waals surface area contributed by atoms with Crippen molar-refractivity contribution < 1.29 is 14.3 Å². The van der Waals surface area contributed by atoms with Crippen LogP contribution < -0.4 is 15.4 Å². The number of hydrogen-bond donors (Lipinski definition) is 2. The van der Waals surface area contributed by atoms with Gasteiger partial charge >= 0.3 is 0 Å². The molecule has 5 nitrogen and oxygen atoms in total. The van der Waals surface area contributed by atoms with E-state index in [4.69, 9.17) is 4.74 Å². The molecular formula is C14H18N2O3. The topological polar surface area (TPSA) is 67.4 Å². The first kappa shape index (κ1) is 13.4. The Hall–Kier alpha value is -2.04. The number of amides is 2. The van der Waals surface area contributed by atoms with Crippen LogP contribution in [-0.2, 0) is 9.59 Å². The average molecular weight is 262 g/mol. The van der Waals surface area contributed by atoms with Gasteiger partial charge in [0.15, 0.2) is 6.10 Å². The number of carbonyl (C=O) groups excluding carboxylic acids is 2. The van der Waals surface area contributed by atoms with E-state index in [1.54, 1.807) is 19.1 Å². The van der Waals surface area contributed by atoms with E-state index in [0.717, 1.165) is 12.8 Å². The predicted octanol–water partition coefficient (Wildman–Crippen LogP) is 0.849. The highest BCUT2D eigenvalue weighted by molar-refractivity contribution is 5.87. The summed E-state index contributed by atoms with van der Waals surface area (Å²) in [5, 5.41) is 5.36. The Balaban J connectivity index is 1.71. The lowest BCUT2D eigenvalue weighted by Crippen LogP contribution is -2.42. The molecule has 1 saturated carbocycles. The molecule has 1 aromatic rings. The van der Waals surface area contributed by atoms with Gasteiger partial charge in [-0.1, -0.05) is 18.2 Å². The first-order valence-electron chi connectivity index (χ1n) is 6.44. The van der Waals surface area contributed by atoms with Crippen molar-refractivity contribution in [1.82, 2.24) is 10.6 Å². The molecule has 0 bridgehead atoms. The van der Waals surface area contributed by atoms with Gasteiger partial charge in [0.1, 0.15) is 5.75 Å². The Morgan fingerprint density at radius 1 is 1.32 bits per heavy atom. The van der Waals surface area contributed by atoms with Crippen LogP contribution in [0.25, 0.3) is 0 Å². The van der Waals surface area contributed by atoms with E-state index < -0.39 is 6.10 Å². The Kier molecular flexibility index (Phi) is 4.39. The molecule has 1 fully saturated rings. The van der Waals surface area contributed by atoms with Gasteiger partial charge in [0.2, 0.25) is 5.91 Å². The van der Waals surface area contributed by atoms with Crippen molar-refractivity contribution in [3.8, 4) is 5.75 Å². The molecule has 1 aliphatic rings. The summed E-state index contributed by atoms with van der Waals surface area (Å²) in [6.45, 7) is 1.65. The molecule has 19 heavy (non-hydrogen) atoms. The van der Waals surface area contributed by atoms with E-state index in [1.807, 2.05) is 18.2 Å². The molecule has 0 radical (unpaired) electrons. The zero-order valence-corrected chi connectivity index (χ0v) is 10.9. The van der Waals surface area contributed by atoms with Crippen LogP contribution in [0.2, 0.25) is 0 Å². The van der Waals surface area contributed by atoms with Crippen molar-refractivity contribution in [2.24, 2.45) is 0 Å². The highest BCUT2D eigenvalue weighted by Gasteiger charge is 2.23. The maximum Gasteiger partial charge on any atom is 0.261 e. The van der Waals surface area contributed by atoms with Crippen LogP contribution in [0.15, 0.2) is 30.3 Å². The molecule has 0 spiro atoms. The number of benzene rings is 1. The summed E-state index contributed by atoms with van der Waals surface area (Å²) in [4.78, 5) is 23.1. The van der Waals surface area contributed by atoms with Crippen molar-refractivity contribution in [3.63, 3.8) is 0 Å². The summed E-state index contributed by atoms with van der Waals surface area (Å²) >= 11 is 0. The molecule has 2 amide bonds. The smallest absolute Gasteiger partial charge is 0.261 e. The number of hydrogen-bond acceptors (Lipinski definition) is 3. The molecule has 0 saturated heterocycles. The summed E-state index contributed by atoms with van der Waals surface area (Å²) in [6, 6.07) is 9.42. The molecular weight excluding hydrogens is 244 g/mol. The van der Waals surface area contributed by atoms with Gasteiger partial charge in [-0.2, -0.15) is 0 Å². The van der Waals surface area contributed by atoms with Crippen molar-refractivity contribution in [1.29, 1.82) is 0 Å². The first-order chi connectivity index (χ1) is 9.15. The number of rotatable bonds is 6. The third-order valence-electron chi connectivity index (χ3n) is 2.79. The molecule has 0 aromatic heterocycles. The van der Waals surface area contributed by atoms with Gasteiger partial charge in [-0.05, 0) is 31.9 Å². The average Bonchev–Trinajstić information content (AvgIpc) is 3.21. The highest BCUT2D eigenvalue weighted by Crippen LogP contribution is 2.18. The molecule has 5 heteroatoms. The molecule has 1 unspecified atom stereocenters. The van der Waals surface area contributed by atoms with E-state index >= 15 is 0 Å². The monoisotopic (exact) mass is 262 g/mol. The van der Waals surface area contributed by atoms with Crippen LogP contribution >= 0.6 is 0 Å². The van der Waals surface area contributed by atoms with Crippen LogP contribution in [-0.4, -0.2) is 30.5 Å². The van der Waals surface area contributed by atoms with Gasteiger partial charge in [0.25, 0.3) is 5.91 Å². The quantitative estimate of drug-likeness (QED) is 0.798. The zero-order valence-electron chi connectivity index (χ0n) is 10.9. The van der Waals surface area contributed by atoms with Crippen molar-refractivity contribution in [2.75, 3.05) is 6.54 Å². The Labute approximate surface area is 112 Å². The van der Waals surface area contributed by atoms with Gasteiger partial charge < -0.3 is 15.4 Å². The minimum absolute atomic E-state index is 0.00216. The van der Waals surface area contributed by atoms with Crippen LogP contribution in [0.4, 0.5) is 0 Å². The molecule has 102 valence electrons. The van der Waals surface area contributed by atoms with Crippen LogP contribution in [0.5, 0.6) is 5.75 Å². The maximum atomic E-state index is 11.7. The lowest BCUT2D eigenvalue weighted by atomic mass is 10.3. The standard InChI is InChI=1S/C14H18N2O3/c1-10(19-12-5-3-2-4-6-12)14(18)15-9-13(17)16-11-7-8-11/h2-6,10-11H,7-9H2,1H3,(H,15,18)(H,16,17). The predicted molar refractivity (Wildman–Crippen MR) is 70.7 cm³/mol. The molecule has 1 atom stereocenters. The van der Waals surface area contributed by atoms with Crippen LogP contribution in [0.3, 0.4) is 0 Å². The largest absolute Gasteiger partial charge is 0.481 e. The Morgan fingerprint density at radius 2 is 2.00 bits per heavy atom. The fraction of sp³-hybridized carbons (Fsp3) is 0.429. The summed E-state index contributed by atoms with van der Waals surface area (Å²) in [7, 11) is 0. The fourth-order valence-corrected chi connectivity index (χ4v) is 1.57. The second-order valence-electron chi connectivity index (χ2n) is 4.63. The summed E-state index contributed by atoms with van der Waals surface area (Å²) in [6.07, 6.45) is 1.44.